The van der Waals surface area contributed by atoms with E-state index in [0.29, 0.717) is 31.1 Å². The Morgan fingerprint density at radius 3 is 2.52 bits per heavy atom. The molecule has 146 valence electrons. The molecule has 7 nitrogen and oxygen atoms in total. The van der Waals surface area contributed by atoms with Crippen molar-refractivity contribution in [2.45, 2.75) is 39.0 Å². The van der Waals surface area contributed by atoms with Crippen molar-refractivity contribution >= 4 is 11.6 Å². The molecule has 0 bridgehead atoms. The molecule has 2 aromatic rings. The van der Waals surface area contributed by atoms with Gasteiger partial charge in [0, 0.05) is 37.2 Å². The lowest BCUT2D eigenvalue weighted by Crippen LogP contribution is -2.36. The number of hydrogen-bond acceptors (Lipinski definition) is 6. The zero-order valence-corrected chi connectivity index (χ0v) is 16.3. The van der Waals surface area contributed by atoms with Crippen LogP contribution in [-0.2, 0) is 27.8 Å². The molecule has 1 aromatic carbocycles. The molecule has 1 aliphatic rings. The minimum Gasteiger partial charge on any atom is -0.378 e. The molecule has 2 heterocycles. The maximum atomic E-state index is 12.2. The van der Waals surface area contributed by atoms with Crippen molar-refractivity contribution in [3.8, 4) is 0 Å². The fourth-order valence-corrected chi connectivity index (χ4v) is 2.87. The molecule has 0 spiro atoms. The van der Waals surface area contributed by atoms with Crippen molar-refractivity contribution in [3.05, 3.63) is 41.5 Å². The lowest BCUT2D eigenvalue weighted by molar-refractivity contribution is -0.120. The van der Waals surface area contributed by atoms with E-state index in [0.717, 1.165) is 31.9 Å². The number of nitrogens with one attached hydrogen (secondary N) is 1. The molecule has 1 fully saturated rings. The predicted molar refractivity (Wildman–Crippen MR) is 103 cm³/mol. The Hall–Kier alpha value is -2.41. The minimum atomic E-state index is -0.165. The lowest BCUT2D eigenvalue weighted by Gasteiger charge is -2.28. The van der Waals surface area contributed by atoms with Crippen molar-refractivity contribution in [2.75, 3.05) is 37.7 Å². The number of nitrogens with zero attached hydrogens (tertiary/aromatic N) is 3. The van der Waals surface area contributed by atoms with Crippen LogP contribution in [0.3, 0.4) is 0 Å². The van der Waals surface area contributed by atoms with Crippen molar-refractivity contribution in [3.63, 3.8) is 0 Å². The second-order valence-corrected chi connectivity index (χ2v) is 7.81. The number of aromatic nitrogens is 2. The Morgan fingerprint density at radius 1 is 1.19 bits per heavy atom. The van der Waals surface area contributed by atoms with E-state index in [-0.39, 0.29) is 11.3 Å². The zero-order chi connectivity index (χ0) is 19.3. The second kappa shape index (κ2) is 8.52. The predicted octanol–water partition coefficient (Wildman–Crippen LogP) is 2.11. The quantitative estimate of drug-likeness (QED) is 0.836. The third-order valence-corrected chi connectivity index (χ3v) is 4.46. The number of amides is 1. The Bertz CT molecular complexity index is 743. The third-order valence-electron chi connectivity index (χ3n) is 4.46. The molecule has 27 heavy (non-hydrogen) atoms. The number of anilines is 1. The molecule has 3 rings (SSSR count). The fourth-order valence-electron chi connectivity index (χ4n) is 2.87. The van der Waals surface area contributed by atoms with Gasteiger partial charge in [0.25, 0.3) is 0 Å². The monoisotopic (exact) mass is 372 g/mol. The first-order valence-electron chi connectivity index (χ1n) is 9.43. The van der Waals surface area contributed by atoms with Crippen LogP contribution in [0.2, 0.25) is 0 Å². The summed E-state index contributed by atoms with van der Waals surface area (Å²) in [6.07, 6.45) is 0.921. The maximum absolute atomic E-state index is 12.2. The van der Waals surface area contributed by atoms with Gasteiger partial charge in [-0.2, -0.15) is 4.98 Å². The van der Waals surface area contributed by atoms with Crippen LogP contribution < -0.4 is 10.2 Å². The summed E-state index contributed by atoms with van der Waals surface area (Å²) in [6, 6.07) is 8.17. The van der Waals surface area contributed by atoms with Gasteiger partial charge in [0.05, 0.1) is 19.6 Å². The van der Waals surface area contributed by atoms with Crippen LogP contribution in [0.15, 0.2) is 28.8 Å². The zero-order valence-electron chi connectivity index (χ0n) is 16.3. The average Bonchev–Trinajstić information content (AvgIpc) is 3.12. The number of ether oxygens (including phenoxy) is 1. The summed E-state index contributed by atoms with van der Waals surface area (Å²) >= 11 is 0. The lowest BCUT2D eigenvalue weighted by atomic mass is 9.97. The largest absolute Gasteiger partial charge is 0.378 e. The van der Waals surface area contributed by atoms with E-state index in [1.807, 2.05) is 32.9 Å². The molecule has 7 heteroatoms. The molecule has 0 atom stereocenters. The average molecular weight is 372 g/mol. The summed E-state index contributed by atoms with van der Waals surface area (Å²) in [4.78, 5) is 18.8. The van der Waals surface area contributed by atoms with Gasteiger partial charge in [-0.1, -0.05) is 38.1 Å². The van der Waals surface area contributed by atoms with E-state index in [1.165, 1.54) is 5.69 Å². The highest BCUT2D eigenvalue weighted by Crippen LogP contribution is 2.19. The molecule has 0 radical (unpaired) electrons. The topological polar surface area (TPSA) is 80.5 Å². The van der Waals surface area contributed by atoms with Crippen molar-refractivity contribution in [1.29, 1.82) is 0 Å². The summed E-state index contributed by atoms with van der Waals surface area (Å²) < 4.78 is 10.6. The number of carbonyl (C=O) groups is 1. The first kappa shape index (κ1) is 19.4. The number of benzene rings is 1. The van der Waals surface area contributed by atoms with Crippen molar-refractivity contribution in [2.24, 2.45) is 0 Å². The number of hydrogen-bond donors (Lipinski definition) is 1. The van der Waals surface area contributed by atoms with E-state index in [9.17, 15) is 4.79 Å². The highest BCUT2D eigenvalue weighted by Gasteiger charge is 2.21. The summed E-state index contributed by atoms with van der Waals surface area (Å²) in [5.41, 5.74) is 2.01. The molecular formula is C20H28N4O3. The molecule has 0 saturated carbocycles. The van der Waals surface area contributed by atoms with Crippen LogP contribution in [0.25, 0.3) is 0 Å². The van der Waals surface area contributed by atoms with Crippen LogP contribution in [0.1, 0.15) is 38.0 Å². The van der Waals surface area contributed by atoms with Gasteiger partial charge in [0.1, 0.15) is 0 Å². The van der Waals surface area contributed by atoms with Gasteiger partial charge in [-0.3, -0.25) is 4.79 Å². The summed E-state index contributed by atoms with van der Waals surface area (Å²) in [5, 5.41) is 6.88. The minimum absolute atomic E-state index is 0.00587. The van der Waals surface area contributed by atoms with Gasteiger partial charge >= 0.3 is 0 Å². The smallest absolute Gasteiger partial charge is 0.232 e. The molecule has 1 N–H and O–H groups in total. The SMILES string of the molecule is CC(C)(C)c1nc(CCNC(=O)Cc2ccc(N3CCOCC3)cc2)no1. The van der Waals surface area contributed by atoms with Crippen LogP contribution in [0, 0.1) is 0 Å². The molecule has 1 aromatic heterocycles. The molecule has 1 saturated heterocycles. The Balaban J connectivity index is 1.43. The van der Waals surface area contributed by atoms with Crippen LogP contribution >= 0.6 is 0 Å². The maximum Gasteiger partial charge on any atom is 0.232 e. The van der Waals surface area contributed by atoms with E-state index in [4.69, 9.17) is 9.26 Å². The standard InChI is InChI=1S/C20H28N4O3/c1-20(2,3)19-22-17(23-27-19)8-9-21-18(25)14-15-4-6-16(7-5-15)24-10-12-26-13-11-24/h4-7H,8-14H2,1-3H3,(H,21,25). The third kappa shape index (κ3) is 5.53. The van der Waals surface area contributed by atoms with Gasteiger partial charge < -0.3 is 19.5 Å². The normalized spacial score (nSPS) is 15.0. The van der Waals surface area contributed by atoms with Crippen LogP contribution in [0.4, 0.5) is 5.69 Å². The van der Waals surface area contributed by atoms with E-state index in [2.05, 4.69) is 32.5 Å². The molecular weight excluding hydrogens is 344 g/mol. The number of rotatable bonds is 6. The van der Waals surface area contributed by atoms with E-state index >= 15 is 0 Å². The molecule has 0 aliphatic carbocycles. The second-order valence-electron chi connectivity index (χ2n) is 7.81. The first-order chi connectivity index (χ1) is 12.9. The molecule has 1 aliphatic heterocycles. The number of carbonyl (C=O) groups excluding carboxylic acids is 1. The highest BCUT2D eigenvalue weighted by molar-refractivity contribution is 5.78. The highest BCUT2D eigenvalue weighted by atomic mass is 16.5. The van der Waals surface area contributed by atoms with Gasteiger partial charge in [-0.05, 0) is 17.7 Å². The van der Waals surface area contributed by atoms with Crippen LogP contribution in [-0.4, -0.2) is 48.9 Å². The first-order valence-corrected chi connectivity index (χ1v) is 9.43. The van der Waals surface area contributed by atoms with Crippen LogP contribution in [0.5, 0.6) is 0 Å². The Labute approximate surface area is 160 Å². The molecule has 1 amide bonds. The van der Waals surface area contributed by atoms with Crippen molar-refractivity contribution < 1.29 is 14.1 Å². The van der Waals surface area contributed by atoms with Crippen molar-refractivity contribution in [1.82, 2.24) is 15.5 Å². The summed E-state index contributed by atoms with van der Waals surface area (Å²) in [6.45, 7) is 9.92. The molecule has 0 unspecified atom stereocenters. The fraction of sp³-hybridized carbons (Fsp3) is 0.550. The van der Waals surface area contributed by atoms with E-state index < -0.39 is 0 Å². The Kier molecular flexibility index (Phi) is 6.11. The Morgan fingerprint density at radius 2 is 1.89 bits per heavy atom. The van der Waals surface area contributed by atoms with E-state index in [1.54, 1.807) is 0 Å². The summed E-state index contributed by atoms with van der Waals surface area (Å²) in [7, 11) is 0. The number of morpholine rings is 1. The van der Waals surface area contributed by atoms with Gasteiger partial charge in [0.2, 0.25) is 11.8 Å². The van der Waals surface area contributed by atoms with Gasteiger partial charge in [0.15, 0.2) is 5.82 Å². The summed E-state index contributed by atoms with van der Waals surface area (Å²) in [5.74, 6) is 1.23. The van der Waals surface area contributed by atoms with Gasteiger partial charge in [-0.25, -0.2) is 0 Å². The van der Waals surface area contributed by atoms with Gasteiger partial charge in [-0.15, -0.1) is 0 Å².